The van der Waals surface area contributed by atoms with Crippen LogP contribution in [-0.4, -0.2) is 11.5 Å². The summed E-state index contributed by atoms with van der Waals surface area (Å²) in [6.45, 7) is 4.93. The van der Waals surface area contributed by atoms with Gasteiger partial charge in [0.1, 0.15) is 11.4 Å². The maximum atomic E-state index is 11.2. The molecule has 1 aromatic heterocycles. The number of rotatable bonds is 4. The second-order valence-corrected chi connectivity index (χ2v) is 7.20. The Morgan fingerprint density at radius 2 is 2.23 bits per heavy atom. The summed E-state index contributed by atoms with van der Waals surface area (Å²) in [7, 11) is 0. The molecule has 3 rings (SSSR count). The van der Waals surface area contributed by atoms with Crippen LogP contribution in [0.5, 0.6) is 5.75 Å². The van der Waals surface area contributed by atoms with Gasteiger partial charge in [-0.25, -0.2) is 0 Å². The lowest BCUT2D eigenvalue weighted by Gasteiger charge is -2.38. The molecule has 116 valence electrons. The van der Waals surface area contributed by atoms with E-state index in [-0.39, 0.29) is 17.6 Å². The van der Waals surface area contributed by atoms with Crippen molar-refractivity contribution in [2.75, 3.05) is 0 Å². The van der Waals surface area contributed by atoms with Crippen LogP contribution >= 0.6 is 11.3 Å². The van der Waals surface area contributed by atoms with E-state index in [1.807, 2.05) is 24.3 Å². The Hall–Kier alpha value is -1.85. The van der Waals surface area contributed by atoms with Gasteiger partial charge in [0, 0.05) is 34.8 Å². The van der Waals surface area contributed by atoms with Gasteiger partial charge in [0.05, 0.1) is 5.56 Å². The van der Waals surface area contributed by atoms with E-state index in [9.17, 15) is 4.79 Å². The molecule has 0 bridgehead atoms. The molecular weight excluding hydrogens is 296 g/mol. The smallest absolute Gasteiger partial charge is 0.249 e. The molecule has 0 saturated carbocycles. The SMILES string of the molecule is CC1(C)C[C@@H](NCc2cc(C(N)=O)cs2)c2ccccc2O1. The van der Waals surface area contributed by atoms with Crippen molar-refractivity contribution >= 4 is 17.2 Å². The summed E-state index contributed by atoms with van der Waals surface area (Å²) in [6.07, 6.45) is 0.901. The fourth-order valence-electron chi connectivity index (χ4n) is 2.81. The topological polar surface area (TPSA) is 64.3 Å². The van der Waals surface area contributed by atoms with Crippen LogP contribution in [0.2, 0.25) is 0 Å². The maximum absolute atomic E-state index is 11.2. The Morgan fingerprint density at radius 1 is 1.45 bits per heavy atom. The van der Waals surface area contributed by atoms with Gasteiger partial charge in [0.2, 0.25) is 5.91 Å². The molecule has 4 nitrogen and oxygen atoms in total. The Labute approximate surface area is 134 Å². The summed E-state index contributed by atoms with van der Waals surface area (Å²) in [4.78, 5) is 12.3. The maximum Gasteiger partial charge on any atom is 0.249 e. The van der Waals surface area contributed by atoms with Crippen molar-refractivity contribution < 1.29 is 9.53 Å². The molecule has 0 unspecified atom stereocenters. The highest BCUT2D eigenvalue weighted by Crippen LogP contribution is 2.39. The number of ether oxygens (including phenoxy) is 1. The van der Waals surface area contributed by atoms with E-state index in [0.717, 1.165) is 17.0 Å². The van der Waals surface area contributed by atoms with E-state index in [1.165, 1.54) is 5.56 Å². The molecule has 1 atom stereocenters. The molecule has 0 radical (unpaired) electrons. The average molecular weight is 316 g/mol. The van der Waals surface area contributed by atoms with Crippen molar-refractivity contribution in [2.45, 2.75) is 38.5 Å². The highest BCUT2D eigenvalue weighted by Gasteiger charge is 2.33. The monoisotopic (exact) mass is 316 g/mol. The Kier molecular flexibility index (Phi) is 3.93. The first-order valence-corrected chi connectivity index (χ1v) is 8.21. The lowest BCUT2D eigenvalue weighted by molar-refractivity contribution is 0.0658. The number of hydrogen-bond acceptors (Lipinski definition) is 4. The number of primary amides is 1. The number of amides is 1. The Morgan fingerprint density at radius 3 is 2.95 bits per heavy atom. The third-order valence-electron chi connectivity index (χ3n) is 3.84. The van der Waals surface area contributed by atoms with Gasteiger partial charge in [-0.05, 0) is 26.0 Å². The molecular formula is C17H20N2O2S. The molecule has 22 heavy (non-hydrogen) atoms. The van der Waals surface area contributed by atoms with Crippen LogP contribution in [0.3, 0.4) is 0 Å². The van der Waals surface area contributed by atoms with E-state index in [1.54, 1.807) is 16.7 Å². The molecule has 0 fully saturated rings. The Balaban J connectivity index is 1.75. The zero-order valence-electron chi connectivity index (χ0n) is 12.8. The van der Waals surface area contributed by atoms with Gasteiger partial charge in [-0.15, -0.1) is 11.3 Å². The van der Waals surface area contributed by atoms with Gasteiger partial charge in [-0.3, -0.25) is 4.79 Å². The summed E-state index contributed by atoms with van der Waals surface area (Å²) in [5.41, 5.74) is 6.87. The zero-order chi connectivity index (χ0) is 15.7. The third-order valence-corrected chi connectivity index (χ3v) is 4.77. The number of para-hydroxylation sites is 1. The van der Waals surface area contributed by atoms with Crippen molar-refractivity contribution in [3.8, 4) is 5.75 Å². The number of carbonyl (C=O) groups excluding carboxylic acids is 1. The third kappa shape index (κ3) is 3.15. The van der Waals surface area contributed by atoms with Gasteiger partial charge in [-0.1, -0.05) is 18.2 Å². The molecule has 0 saturated heterocycles. The summed E-state index contributed by atoms with van der Waals surface area (Å²) in [5.74, 6) is 0.570. The van der Waals surface area contributed by atoms with E-state index >= 15 is 0 Å². The molecule has 3 N–H and O–H groups in total. The number of hydrogen-bond donors (Lipinski definition) is 2. The minimum absolute atomic E-state index is 0.195. The normalized spacial score (nSPS) is 19.3. The average Bonchev–Trinajstić information content (AvgIpc) is 2.92. The molecule has 0 spiro atoms. The second kappa shape index (κ2) is 5.74. The number of nitrogens with one attached hydrogen (secondary N) is 1. The molecule has 2 aromatic rings. The van der Waals surface area contributed by atoms with Crippen LogP contribution in [0.15, 0.2) is 35.7 Å². The molecule has 5 heteroatoms. The van der Waals surface area contributed by atoms with Crippen molar-refractivity contribution in [2.24, 2.45) is 5.73 Å². The van der Waals surface area contributed by atoms with Crippen LogP contribution in [0.1, 0.15) is 47.1 Å². The van der Waals surface area contributed by atoms with Gasteiger partial charge in [0.15, 0.2) is 0 Å². The standard InChI is InChI=1S/C17H20N2O2S/c1-17(2)8-14(13-5-3-4-6-15(13)21-17)19-9-12-7-11(10-22-12)16(18)20/h3-7,10,14,19H,8-9H2,1-2H3,(H2,18,20)/t14-/m1/s1. The first kappa shape index (κ1) is 15.1. The van der Waals surface area contributed by atoms with E-state index in [4.69, 9.17) is 10.5 Å². The molecule has 1 aromatic carbocycles. The number of thiophene rings is 1. The fraction of sp³-hybridized carbons (Fsp3) is 0.353. The summed E-state index contributed by atoms with van der Waals surface area (Å²) in [6, 6.07) is 10.2. The van der Waals surface area contributed by atoms with Crippen LogP contribution in [0.25, 0.3) is 0 Å². The van der Waals surface area contributed by atoms with Crippen LogP contribution in [-0.2, 0) is 6.54 Å². The van der Waals surface area contributed by atoms with Crippen LogP contribution in [0.4, 0.5) is 0 Å². The predicted molar refractivity (Wildman–Crippen MR) is 88.2 cm³/mol. The first-order chi connectivity index (χ1) is 10.4. The Bertz CT molecular complexity index is 693. The fourth-order valence-corrected chi connectivity index (χ4v) is 3.63. The highest BCUT2D eigenvalue weighted by atomic mass is 32.1. The molecule has 1 aliphatic rings. The van der Waals surface area contributed by atoms with E-state index in [0.29, 0.717) is 12.1 Å². The van der Waals surface area contributed by atoms with Crippen molar-refractivity contribution in [1.29, 1.82) is 0 Å². The molecule has 1 amide bonds. The summed E-state index contributed by atoms with van der Waals surface area (Å²) < 4.78 is 6.04. The van der Waals surface area contributed by atoms with Crippen molar-refractivity contribution in [1.82, 2.24) is 5.32 Å². The van der Waals surface area contributed by atoms with Crippen molar-refractivity contribution in [3.63, 3.8) is 0 Å². The molecule has 0 aliphatic carbocycles. The minimum atomic E-state index is -0.375. The summed E-state index contributed by atoms with van der Waals surface area (Å²) in [5, 5.41) is 5.39. The number of benzene rings is 1. The quantitative estimate of drug-likeness (QED) is 0.910. The number of fused-ring (bicyclic) bond motifs is 1. The molecule has 1 aliphatic heterocycles. The van der Waals surface area contributed by atoms with Crippen molar-refractivity contribution in [3.05, 3.63) is 51.7 Å². The molecule has 2 heterocycles. The second-order valence-electron chi connectivity index (χ2n) is 6.20. The lowest BCUT2D eigenvalue weighted by atomic mass is 9.90. The van der Waals surface area contributed by atoms with Gasteiger partial charge >= 0.3 is 0 Å². The van der Waals surface area contributed by atoms with Gasteiger partial charge < -0.3 is 15.8 Å². The van der Waals surface area contributed by atoms with Crippen LogP contribution in [0, 0.1) is 0 Å². The lowest BCUT2D eigenvalue weighted by Crippen LogP contribution is -2.39. The largest absolute Gasteiger partial charge is 0.487 e. The van der Waals surface area contributed by atoms with E-state index in [2.05, 4.69) is 25.2 Å². The predicted octanol–water partition coefficient (Wildman–Crippen LogP) is 3.24. The zero-order valence-corrected chi connectivity index (χ0v) is 13.6. The van der Waals surface area contributed by atoms with Gasteiger partial charge in [0.25, 0.3) is 0 Å². The van der Waals surface area contributed by atoms with Crippen LogP contribution < -0.4 is 15.8 Å². The summed E-state index contributed by atoms with van der Waals surface area (Å²) >= 11 is 1.55. The van der Waals surface area contributed by atoms with E-state index < -0.39 is 0 Å². The highest BCUT2D eigenvalue weighted by molar-refractivity contribution is 7.10. The van der Waals surface area contributed by atoms with Gasteiger partial charge in [-0.2, -0.15) is 0 Å². The number of nitrogens with two attached hydrogens (primary N) is 1. The minimum Gasteiger partial charge on any atom is -0.487 e. The number of carbonyl (C=O) groups is 1. The first-order valence-electron chi connectivity index (χ1n) is 7.33.